The van der Waals surface area contributed by atoms with Gasteiger partial charge in [-0.05, 0) is 18.3 Å². The lowest BCUT2D eigenvalue weighted by molar-refractivity contribution is 0.449. The Hall–Kier alpha value is -1.74. The Labute approximate surface area is 107 Å². The van der Waals surface area contributed by atoms with Gasteiger partial charge in [0.25, 0.3) is 5.56 Å². The minimum atomic E-state index is -3.19. The zero-order valence-corrected chi connectivity index (χ0v) is 10.6. The molecule has 0 aliphatic carbocycles. The first-order chi connectivity index (χ1) is 8.37. The van der Waals surface area contributed by atoms with Crippen molar-refractivity contribution in [2.75, 3.05) is 5.75 Å². The maximum Gasteiger partial charge on any atom is 0.264 e. The summed E-state index contributed by atoms with van der Waals surface area (Å²) in [4.78, 5) is 20.0. The molecule has 0 saturated carbocycles. The highest BCUT2D eigenvalue weighted by atomic mass is 32.2. The molecular formula is C9H9N3O4S2. The predicted molar refractivity (Wildman–Crippen MR) is 68.2 cm³/mol. The maximum absolute atomic E-state index is 11.5. The number of nitrogens with zero attached hydrogens (tertiary/aromatic N) is 1. The molecule has 3 N–H and O–H groups in total. The molecule has 18 heavy (non-hydrogen) atoms. The van der Waals surface area contributed by atoms with Gasteiger partial charge in [-0.15, -0.1) is 0 Å². The lowest BCUT2D eigenvalue weighted by atomic mass is 10.3. The Morgan fingerprint density at radius 1 is 1.50 bits per heavy atom. The molecule has 1 aromatic heterocycles. The molecule has 0 radical (unpaired) electrons. The molecular weight excluding hydrogens is 278 g/mol. The molecule has 0 bridgehead atoms. The molecule has 0 amide bonds. The number of aromatic nitrogens is 2. The van der Waals surface area contributed by atoms with Gasteiger partial charge in [0.1, 0.15) is 5.56 Å². The number of hydrogen-bond donors (Lipinski definition) is 3. The average molecular weight is 287 g/mol. The van der Waals surface area contributed by atoms with Crippen molar-refractivity contribution in [2.45, 2.75) is 6.04 Å². The summed E-state index contributed by atoms with van der Waals surface area (Å²) in [7, 11) is -3.19. The van der Waals surface area contributed by atoms with Crippen LogP contribution in [0.4, 0.5) is 0 Å². The fraction of sp³-hybridized carbons (Fsp3) is 0.222. The topological polar surface area (TPSA) is 115 Å². The largest absolute Gasteiger partial charge is 0.494 e. The van der Waals surface area contributed by atoms with Gasteiger partial charge in [-0.2, -0.15) is 0 Å². The SMILES string of the molecule is O=c1[nH]c(=S)[nH]c(O)c1C=N[C@H]1C=CS(=O)(=O)C1. The second kappa shape index (κ2) is 4.50. The van der Waals surface area contributed by atoms with Crippen LogP contribution in [-0.2, 0) is 9.84 Å². The number of aromatic hydroxyl groups is 1. The molecule has 1 aliphatic heterocycles. The van der Waals surface area contributed by atoms with Gasteiger partial charge in [0.2, 0.25) is 5.88 Å². The van der Waals surface area contributed by atoms with Crippen molar-refractivity contribution in [1.82, 2.24) is 9.97 Å². The number of aromatic amines is 2. The van der Waals surface area contributed by atoms with E-state index in [1.807, 2.05) is 0 Å². The van der Waals surface area contributed by atoms with E-state index in [1.54, 1.807) is 0 Å². The molecule has 0 fully saturated rings. The highest BCUT2D eigenvalue weighted by Gasteiger charge is 2.20. The van der Waals surface area contributed by atoms with Crippen LogP contribution in [0.5, 0.6) is 5.88 Å². The molecule has 96 valence electrons. The summed E-state index contributed by atoms with van der Waals surface area (Å²) in [6, 6.07) is -0.544. The number of hydrogen-bond acceptors (Lipinski definition) is 6. The average Bonchev–Trinajstić information content (AvgIpc) is 2.56. The van der Waals surface area contributed by atoms with Crippen molar-refractivity contribution in [1.29, 1.82) is 0 Å². The van der Waals surface area contributed by atoms with E-state index in [9.17, 15) is 18.3 Å². The zero-order valence-electron chi connectivity index (χ0n) is 8.95. The summed E-state index contributed by atoms with van der Waals surface area (Å²) in [6.45, 7) is 0. The van der Waals surface area contributed by atoms with Crippen LogP contribution in [0.25, 0.3) is 0 Å². The first kappa shape index (κ1) is 12.7. The van der Waals surface area contributed by atoms with Crippen LogP contribution in [0.1, 0.15) is 5.56 Å². The minimum absolute atomic E-state index is 0.00186. The van der Waals surface area contributed by atoms with Crippen LogP contribution in [0.2, 0.25) is 0 Å². The number of aliphatic imine (C=N–C) groups is 1. The summed E-state index contributed by atoms with van der Waals surface area (Å²) in [5.74, 6) is -0.539. The van der Waals surface area contributed by atoms with Crippen molar-refractivity contribution in [2.24, 2.45) is 4.99 Å². The molecule has 2 rings (SSSR count). The zero-order chi connectivity index (χ0) is 13.3. The van der Waals surface area contributed by atoms with Crippen molar-refractivity contribution in [3.63, 3.8) is 0 Å². The van der Waals surface area contributed by atoms with Gasteiger partial charge in [0.15, 0.2) is 14.6 Å². The maximum atomic E-state index is 11.5. The molecule has 0 saturated heterocycles. The monoisotopic (exact) mass is 287 g/mol. The summed E-state index contributed by atoms with van der Waals surface area (Å²) >= 11 is 4.66. The third-order valence-corrected chi connectivity index (χ3v) is 3.85. The second-order valence-electron chi connectivity index (χ2n) is 3.67. The highest BCUT2D eigenvalue weighted by molar-refractivity contribution is 7.94. The molecule has 7 nitrogen and oxygen atoms in total. The number of sulfone groups is 1. The third kappa shape index (κ3) is 2.74. The van der Waals surface area contributed by atoms with Gasteiger partial charge in [-0.1, -0.05) is 0 Å². The fourth-order valence-electron chi connectivity index (χ4n) is 1.43. The fourth-order valence-corrected chi connectivity index (χ4v) is 2.82. The van der Waals surface area contributed by atoms with Crippen molar-refractivity contribution < 1.29 is 13.5 Å². The number of rotatable bonds is 2. The van der Waals surface area contributed by atoms with Crippen LogP contribution in [0.15, 0.2) is 21.3 Å². The first-order valence-corrected chi connectivity index (χ1v) is 6.99. The summed E-state index contributed by atoms with van der Waals surface area (Å²) in [5, 5.41) is 10.6. The van der Waals surface area contributed by atoms with E-state index in [0.717, 1.165) is 11.6 Å². The van der Waals surface area contributed by atoms with Gasteiger partial charge in [-0.3, -0.25) is 14.8 Å². The van der Waals surface area contributed by atoms with Gasteiger partial charge in [-0.25, -0.2) is 8.42 Å². The number of H-pyrrole nitrogens is 2. The normalized spacial score (nSPS) is 21.7. The standard InChI is InChI=1S/C9H9N3O4S2/c13-7-6(8(14)12-9(17)11-7)3-10-5-1-2-18(15,16)4-5/h1-3,5H,4H2,(H3,11,12,13,14,17)/t5-/m0/s1. The Balaban J connectivity index is 2.29. The molecule has 0 spiro atoms. The van der Waals surface area contributed by atoms with Crippen molar-refractivity contribution >= 4 is 28.3 Å². The smallest absolute Gasteiger partial charge is 0.264 e. The Kier molecular flexibility index (Phi) is 3.18. The van der Waals surface area contributed by atoms with E-state index < -0.39 is 27.3 Å². The lowest BCUT2D eigenvalue weighted by Gasteiger charge is -2.00. The van der Waals surface area contributed by atoms with E-state index in [-0.39, 0.29) is 16.1 Å². The molecule has 1 aromatic rings. The highest BCUT2D eigenvalue weighted by Crippen LogP contribution is 2.12. The van der Waals surface area contributed by atoms with Crippen LogP contribution >= 0.6 is 12.2 Å². The van der Waals surface area contributed by atoms with Crippen molar-refractivity contribution in [3.05, 3.63) is 32.2 Å². The van der Waals surface area contributed by atoms with E-state index in [0.29, 0.717) is 0 Å². The van der Waals surface area contributed by atoms with Gasteiger partial charge < -0.3 is 10.1 Å². The molecule has 2 heterocycles. The molecule has 9 heteroatoms. The Bertz CT molecular complexity index is 742. The molecule has 1 atom stereocenters. The van der Waals surface area contributed by atoms with E-state index in [1.165, 1.54) is 6.08 Å². The summed E-state index contributed by atoms with van der Waals surface area (Å²) < 4.78 is 22.3. The predicted octanol–water partition coefficient (Wildman–Crippen LogP) is -0.132. The molecule has 0 aromatic carbocycles. The van der Waals surface area contributed by atoms with Crippen LogP contribution < -0.4 is 5.56 Å². The quantitative estimate of drug-likeness (QED) is 0.517. The lowest BCUT2D eigenvalue weighted by Crippen LogP contribution is -2.15. The van der Waals surface area contributed by atoms with Gasteiger partial charge >= 0.3 is 0 Å². The Morgan fingerprint density at radius 2 is 2.22 bits per heavy atom. The second-order valence-corrected chi connectivity index (χ2v) is 6.01. The van der Waals surface area contributed by atoms with Crippen LogP contribution in [-0.4, -0.2) is 41.5 Å². The molecule has 1 aliphatic rings. The Morgan fingerprint density at radius 3 is 2.78 bits per heavy atom. The van der Waals surface area contributed by atoms with E-state index >= 15 is 0 Å². The summed E-state index contributed by atoms with van der Waals surface area (Å²) in [6.07, 6.45) is 2.54. The van der Waals surface area contributed by atoms with Crippen molar-refractivity contribution in [3.8, 4) is 5.88 Å². The van der Waals surface area contributed by atoms with Crippen LogP contribution in [0.3, 0.4) is 0 Å². The van der Waals surface area contributed by atoms with E-state index in [4.69, 9.17) is 0 Å². The van der Waals surface area contributed by atoms with E-state index in [2.05, 4.69) is 27.2 Å². The number of nitrogens with one attached hydrogen (secondary N) is 2. The third-order valence-electron chi connectivity index (χ3n) is 2.26. The molecule has 0 unspecified atom stereocenters. The van der Waals surface area contributed by atoms with Gasteiger partial charge in [0, 0.05) is 11.6 Å². The first-order valence-electron chi connectivity index (χ1n) is 4.87. The van der Waals surface area contributed by atoms with Gasteiger partial charge in [0.05, 0.1) is 11.8 Å². The van der Waals surface area contributed by atoms with Crippen LogP contribution in [0, 0.1) is 4.77 Å². The minimum Gasteiger partial charge on any atom is -0.494 e. The summed E-state index contributed by atoms with van der Waals surface area (Å²) in [5.41, 5.74) is -0.689.